The summed E-state index contributed by atoms with van der Waals surface area (Å²) in [6.07, 6.45) is 69.5. The maximum atomic E-state index is 12.9. The van der Waals surface area contributed by atoms with Gasteiger partial charge in [0.1, 0.15) is 13.2 Å². The molecule has 6 heteroatoms. The van der Waals surface area contributed by atoms with Crippen molar-refractivity contribution in [2.45, 2.75) is 316 Å². The predicted molar refractivity (Wildman–Crippen MR) is 293 cm³/mol. The third kappa shape index (κ3) is 54.3. The van der Waals surface area contributed by atoms with E-state index in [4.69, 9.17) is 14.2 Å². The maximum absolute atomic E-state index is 12.9. The van der Waals surface area contributed by atoms with Crippen molar-refractivity contribution < 1.29 is 28.6 Å². The molecule has 0 rings (SSSR count). The van der Waals surface area contributed by atoms with Gasteiger partial charge in [0.25, 0.3) is 0 Å². The van der Waals surface area contributed by atoms with Crippen molar-refractivity contribution in [1.82, 2.24) is 0 Å². The number of allylic oxidation sites excluding steroid dienone is 8. The van der Waals surface area contributed by atoms with Gasteiger partial charge in [0.05, 0.1) is 0 Å². The lowest BCUT2D eigenvalue weighted by Gasteiger charge is -2.18. The van der Waals surface area contributed by atoms with Crippen LogP contribution in [0.25, 0.3) is 0 Å². The van der Waals surface area contributed by atoms with Crippen molar-refractivity contribution in [2.75, 3.05) is 13.2 Å². The van der Waals surface area contributed by atoms with Gasteiger partial charge in [0.2, 0.25) is 0 Å². The fourth-order valence-corrected chi connectivity index (χ4v) is 8.56. The first-order chi connectivity index (χ1) is 33.5. The van der Waals surface area contributed by atoms with Gasteiger partial charge in [0.15, 0.2) is 6.10 Å². The van der Waals surface area contributed by atoms with Crippen LogP contribution < -0.4 is 0 Å². The zero-order chi connectivity index (χ0) is 49.3. The summed E-state index contributed by atoms with van der Waals surface area (Å²) in [5, 5.41) is 0. The van der Waals surface area contributed by atoms with E-state index < -0.39 is 6.10 Å². The van der Waals surface area contributed by atoms with Crippen molar-refractivity contribution in [2.24, 2.45) is 0 Å². The highest BCUT2D eigenvalue weighted by atomic mass is 16.6. The fourth-order valence-electron chi connectivity index (χ4n) is 8.56. The molecule has 0 aromatic carbocycles. The lowest BCUT2D eigenvalue weighted by atomic mass is 10.0. The van der Waals surface area contributed by atoms with Gasteiger partial charge in [0, 0.05) is 19.3 Å². The number of esters is 3. The highest BCUT2D eigenvalue weighted by Crippen LogP contribution is 2.16. The number of rotatable bonds is 54. The summed E-state index contributed by atoms with van der Waals surface area (Å²) in [5.41, 5.74) is 0. The van der Waals surface area contributed by atoms with Gasteiger partial charge in [-0.1, -0.05) is 256 Å². The first-order valence-corrected chi connectivity index (χ1v) is 29.6. The van der Waals surface area contributed by atoms with Crippen LogP contribution in [0.4, 0.5) is 0 Å². The van der Waals surface area contributed by atoms with Crippen LogP contribution in [0.5, 0.6) is 0 Å². The van der Waals surface area contributed by atoms with Gasteiger partial charge in [-0.3, -0.25) is 14.4 Å². The van der Waals surface area contributed by atoms with Crippen molar-refractivity contribution in [1.29, 1.82) is 0 Å². The molecule has 0 aliphatic carbocycles. The Bertz CT molecular complexity index is 1190. The van der Waals surface area contributed by atoms with Gasteiger partial charge in [-0.2, -0.15) is 0 Å². The summed E-state index contributed by atoms with van der Waals surface area (Å²) in [5.74, 6) is -0.884. The lowest BCUT2D eigenvalue weighted by Crippen LogP contribution is -2.30. The predicted octanol–water partition coefficient (Wildman–Crippen LogP) is 19.8. The number of unbranched alkanes of at least 4 members (excludes halogenated alkanes) is 35. The van der Waals surface area contributed by atoms with Gasteiger partial charge in [-0.05, 0) is 83.5 Å². The molecule has 0 saturated carbocycles. The van der Waals surface area contributed by atoms with E-state index in [0.29, 0.717) is 19.3 Å². The minimum absolute atomic E-state index is 0.0778. The van der Waals surface area contributed by atoms with E-state index in [9.17, 15) is 14.4 Å². The Kier molecular flexibility index (Phi) is 54.8. The van der Waals surface area contributed by atoms with E-state index in [-0.39, 0.29) is 31.1 Å². The molecule has 0 bridgehead atoms. The van der Waals surface area contributed by atoms with Crippen LogP contribution in [0.1, 0.15) is 310 Å². The minimum atomic E-state index is -0.781. The number of ether oxygens (including phenoxy) is 3. The number of carbonyl (C=O) groups excluding carboxylic acids is 3. The summed E-state index contributed by atoms with van der Waals surface area (Å²) in [6.45, 7) is 6.61. The first kappa shape index (κ1) is 65.4. The zero-order valence-corrected chi connectivity index (χ0v) is 45.4. The van der Waals surface area contributed by atoms with E-state index in [1.54, 1.807) is 0 Å². The van der Waals surface area contributed by atoms with Crippen LogP contribution in [0.15, 0.2) is 48.6 Å². The molecule has 0 radical (unpaired) electrons. The minimum Gasteiger partial charge on any atom is -0.462 e. The Balaban J connectivity index is 4.37. The maximum Gasteiger partial charge on any atom is 0.306 e. The highest BCUT2D eigenvalue weighted by Gasteiger charge is 2.19. The van der Waals surface area contributed by atoms with Crippen LogP contribution in [0.2, 0.25) is 0 Å². The Labute approximate surface area is 422 Å². The van der Waals surface area contributed by atoms with Crippen LogP contribution in [-0.2, 0) is 28.6 Å². The molecule has 1 atom stereocenters. The van der Waals surface area contributed by atoms with E-state index in [1.807, 2.05) is 0 Å². The fraction of sp³-hybridized carbons (Fsp3) is 0.823. The molecule has 0 aromatic rings. The Morgan fingerprint density at radius 3 is 0.838 bits per heavy atom. The summed E-state index contributed by atoms with van der Waals surface area (Å²) >= 11 is 0. The molecule has 0 spiro atoms. The van der Waals surface area contributed by atoms with Crippen LogP contribution >= 0.6 is 0 Å². The summed E-state index contributed by atoms with van der Waals surface area (Å²) < 4.78 is 16.9. The van der Waals surface area contributed by atoms with Crippen LogP contribution in [0, 0.1) is 0 Å². The van der Waals surface area contributed by atoms with Crippen molar-refractivity contribution >= 4 is 17.9 Å². The molecule has 0 aliphatic heterocycles. The molecule has 0 heterocycles. The van der Waals surface area contributed by atoms with Gasteiger partial charge < -0.3 is 14.2 Å². The topological polar surface area (TPSA) is 78.9 Å². The summed E-state index contributed by atoms with van der Waals surface area (Å²) in [4.78, 5) is 38.2. The average molecular weight is 954 g/mol. The van der Waals surface area contributed by atoms with Gasteiger partial charge in [-0.25, -0.2) is 0 Å². The van der Waals surface area contributed by atoms with E-state index in [1.165, 1.54) is 180 Å². The summed E-state index contributed by atoms with van der Waals surface area (Å²) in [7, 11) is 0. The van der Waals surface area contributed by atoms with E-state index in [0.717, 1.165) is 89.9 Å². The molecule has 68 heavy (non-hydrogen) atoms. The third-order valence-electron chi connectivity index (χ3n) is 13.1. The molecule has 396 valence electrons. The molecule has 0 unspecified atom stereocenters. The van der Waals surface area contributed by atoms with Crippen molar-refractivity contribution in [3.8, 4) is 0 Å². The zero-order valence-electron chi connectivity index (χ0n) is 45.4. The normalized spacial score (nSPS) is 12.3. The quantitative estimate of drug-likeness (QED) is 0.0262. The smallest absolute Gasteiger partial charge is 0.306 e. The highest BCUT2D eigenvalue weighted by molar-refractivity contribution is 5.71. The Morgan fingerprint density at radius 1 is 0.294 bits per heavy atom. The van der Waals surface area contributed by atoms with Gasteiger partial charge in [-0.15, -0.1) is 0 Å². The third-order valence-corrected chi connectivity index (χ3v) is 13.1. The SMILES string of the molecule is CCCCC/C=C/C/C=C/CCCCCCCCCC(=O)O[C@H](COC(=O)CCCCCCC/C=C/C/C=C/CCCCC)COC(=O)CCCCCCCCCCCCCCCCCCCC. The molecule has 0 aromatic heterocycles. The molecule has 0 aliphatic rings. The van der Waals surface area contributed by atoms with Crippen LogP contribution in [0.3, 0.4) is 0 Å². The second-order valence-corrected chi connectivity index (χ2v) is 19.9. The summed E-state index contributed by atoms with van der Waals surface area (Å²) in [6, 6.07) is 0. The molecule has 6 nitrogen and oxygen atoms in total. The monoisotopic (exact) mass is 953 g/mol. The largest absolute Gasteiger partial charge is 0.462 e. The number of carbonyl (C=O) groups is 3. The molecular formula is C62H112O6. The Morgan fingerprint density at radius 2 is 0.529 bits per heavy atom. The van der Waals surface area contributed by atoms with E-state index >= 15 is 0 Å². The number of hydrogen-bond acceptors (Lipinski definition) is 6. The average Bonchev–Trinajstić information content (AvgIpc) is 3.34. The molecule has 0 N–H and O–H groups in total. The van der Waals surface area contributed by atoms with Gasteiger partial charge >= 0.3 is 17.9 Å². The number of hydrogen-bond donors (Lipinski definition) is 0. The Hall–Kier alpha value is -2.63. The second kappa shape index (κ2) is 57.0. The first-order valence-electron chi connectivity index (χ1n) is 29.6. The van der Waals surface area contributed by atoms with Crippen molar-refractivity contribution in [3.63, 3.8) is 0 Å². The van der Waals surface area contributed by atoms with E-state index in [2.05, 4.69) is 69.4 Å². The molecular weight excluding hydrogens is 841 g/mol. The van der Waals surface area contributed by atoms with Crippen LogP contribution in [-0.4, -0.2) is 37.2 Å². The molecule has 0 amide bonds. The standard InChI is InChI=1S/C62H112O6/c1-4-7-10-13-16-19-22-25-28-30-32-34-37-40-43-46-49-52-55-61(64)67-58-59(57-66-60(63)54-51-48-45-42-39-36-33-27-24-21-18-15-12-9-6-3)68-62(65)56-53-50-47-44-41-38-35-31-29-26-23-20-17-14-11-8-5-2/h17-18,20-21,26-27,29,33,59H,4-16,19,22-25,28,30-32,34-58H2,1-3H3/b20-17+,21-18+,29-26+,33-27+/t59-/m1/s1. The molecule has 0 fully saturated rings. The second-order valence-electron chi connectivity index (χ2n) is 19.9. The molecule has 0 saturated heterocycles. The van der Waals surface area contributed by atoms with Crippen molar-refractivity contribution in [3.05, 3.63) is 48.6 Å². The lowest BCUT2D eigenvalue weighted by molar-refractivity contribution is -0.167.